The summed E-state index contributed by atoms with van der Waals surface area (Å²) in [6.45, 7) is 1.83. The Morgan fingerprint density at radius 3 is 2.69 bits per heavy atom. The molecule has 0 bridgehead atoms. The van der Waals surface area contributed by atoms with Crippen molar-refractivity contribution in [2.24, 2.45) is 0 Å². The van der Waals surface area contributed by atoms with Gasteiger partial charge in [0.05, 0.1) is 26.3 Å². The van der Waals surface area contributed by atoms with Gasteiger partial charge in [0.1, 0.15) is 18.0 Å². The molecular weight excluding hydrogens is 470 g/mol. The molecule has 192 valence electrons. The average molecular weight is 506 g/mol. The van der Waals surface area contributed by atoms with Crippen LogP contribution in [0.2, 0.25) is 0 Å². The van der Waals surface area contributed by atoms with E-state index in [4.69, 9.17) is 9.47 Å². The summed E-state index contributed by atoms with van der Waals surface area (Å²) >= 11 is 1.64. The first kappa shape index (κ1) is 25.6. The van der Waals surface area contributed by atoms with Crippen molar-refractivity contribution in [3.63, 3.8) is 0 Å². The molecule has 3 aliphatic rings. The number of rotatable bonds is 8. The maximum Gasteiger partial charge on any atom is 0.334 e. The van der Waals surface area contributed by atoms with E-state index in [1.807, 2.05) is 30.5 Å². The molecule has 1 N–H and O–H groups in total. The lowest BCUT2D eigenvalue weighted by Gasteiger charge is -2.54. The van der Waals surface area contributed by atoms with E-state index >= 15 is 0 Å². The van der Waals surface area contributed by atoms with E-state index in [1.54, 1.807) is 45.7 Å². The molecule has 1 aromatic rings. The van der Waals surface area contributed by atoms with Crippen LogP contribution in [0.4, 0.5) is 4.79 Å². The highest BCUT2D eigenvalue weighted by atomic mass is 32.2. The van der Waals surface area contributed by atoms with Gasteiger partial charge in [0, 0.05) is 26.7 Å². The number of benzene rings is 1. The highest BCUT2D eigenvalue weighted by Gasteiger charge is 2.50. The minimum Gasteiger partial charge on any atom is -0.497 e. The van der Waals surface area contributed by atoms with Crippen LogP contribution in [0, 0.1) is 0 Å². The number of carbonyl (C=O) groups excluding carboxylic acids is 3. The van der Waals surface area contributed by atoms with Crippen LogP contribution in [0.25, 0.3) is 0 Å². The van der Waals surface area contributed by atoms with E-state index in [1.165, 1.54) is 0 Å². The van der Waals surface area contributed by atoms with Crippen molar-refractivity contribution in [2.75, 3.05) is 52.4 Å². The maximum atomic E-state index is 13.5. The number of piperazine rings is 1. The fourth-order valence-electron chi connectivity index (χ4n) is 5.01. The monoisotopic (exact) mass is 505 g/mol. The van der Waals surface area contributed by atoms with Gasteiger partial charge in [-0.25, -0.2) is 14.8 Å². The van der Waals surface area contributed by atoms with Crippen molar-refractivity contribution in [3.8, 4) is 5.75 Å². The molecule has 3 heterocycles. The Bertz CT molecular complexity index is 910. The standard InChI is InChI=1S/C24H35N5O5S/c1-26-16-22(30)28-20(10-12-35-3)23(31)27(14-19-5-4-11-34-19)15-21(28)29(26)24(32)25-13-17-6-8-18(33-2)9-7-17/h6-9,19-21H,4-5,10-16H2,1-3H3,(H,25,32)/t19?,20-,21-/m0/s1. The number of urea groups is 1. The molecular formula is C24H35N5O5S. The molecule has 0 spiro atoms. The molecule has 11 heteroatoms. The van der Waals surface area contributed by atoms with Crippen LogP contribution in [-0.2, 0) is 20.9 Å². The Labute approximate surface area is 210 Å². The van der Waals surface area contributed by atoms with Crippen LogP contribution >= 0.6 is 11.8 Å². The van der Waals surface area contributed by atoms with E-state index in [9.17, 15) is 14.4 Å². The van der Waals surface area contributed by atoms with E-state index < -0.39 is 12.2 Å². The second-order valence-electron chi connectivity index (χ2n) is 9.12. The zero-order valence-corrected chi connectivity index (χ0v) is 21.5. The summed E-state index contributed by atoms with van der Waals surface area (Å²) in [6.07, 6.45) is 3.87. The van der Waals surface area contributed by atoms with Gasteiger partial charge in [0.2, 0.25) is 11.8 Å². The van der Waals surface area contributed by atoms with Gasteiger partial charge in [-0.1, -0.05) is 12.1 Å². The molecule has 3 aliphatic heterocycles. The number of amides is 4. The minimum absolute atomic E-state index is 0.000991. The van der Waals surface area contributed by atoms with Crippen LogP contribution < -0.4 is 10.1 Å². The topological polar surface area (TPSA) is 94.7 Å². The number of likely N-dealkylation sites (N-methyl/N-ethyl adjacent to an activating group) is 1. The number of carbonyl (C=O) groups is 3. The van der Waals surface area contributed by atoms with Crippen LogP contribution in [-0.4, -0.2) is 108 Å². The van der Waals surface area contributed by atoms with E-state index in [2.05, 4.69) is 5.32 Å². The molecule has 10 nitrogen and oxygen atoms in total. The Morgan fingerprint density at radius 1 is 1.26 bits per heavy atom. The number of hydrazine groups is 1. The summed E-state index contributed by atoms with van der Waals surface area (Å²) in [5.41, 5.74) is 0.934. The number of thioether (sulfide) groups is 1. The van der Waals surface area contributed by atoms with Gasteiger partial charge in [-0.05, 0) is 49.0 Å². The number of hydrogen-bond acceptors (Lipinski definition) is 7. The summed E-state index contributed by atoms with van der Waals surface area (Å²) in [7, 11) is 3.35. The SMILES string of the molecule is COc1ccc(CNC(=O)N2[C@H]3CN(CC4CCCO4)C(=O)[C@H](CCSC)N3C(=O)CN2C)cc1. The van der Waals surface area contributed by atoms with Crippen LogP contribution in [0.1, 0.15) is 24.8 Å². The smallest absolute Gasteiger partial charge is 0.334 e. The third kappa shape index (κ3) is 5.68. The van der Waals surface area contributed by atoms with Gasteiger partial charge in [-0.15, -0.1) is 0 Å². The van der Waals surface area contributed by atoms with Gasteiger partial charge in [0.15, 0.2) is 0 Å². The lowest BCUT2D eigenvalue weighted by Crippen LogP contribution is -2.76. The Balaban J connectivity index is 1.53. The molecule has 3 atom stereocenters. The number of nitrogens with one attached hydrogen (secondary N) is 1. The fourth-order valence-corrected chi connectivity index (χ4v) is 5.47. The van der Waals surface area contributed by atoms with Crippen molar-refractivity contribution < 1.29 is 23.9 Å². The quantitative estimate of drug-likeness (QED) is 0.570. The Kier molecular flexibility index (Phi) is 8.40. The summed E-state index contributed by atoms with van der Waals surface area (Å²) < 4.78 is 11.0. The lowest BCUT2D eigenvalue weighted by molar-refractivity contribution is -0.188. The molecule has 4 amide bonds. The Hall–Kier alpha value is -2.50. The molecule has 1 aromatic carbocycles. The van der Waals surface area contributed by atoms with Gasteiger partial charge in [-0.3, -0.25) is 9.59 Å². The summed E-state index contributed by atoms with van der Waals surface area (Å²) in [6, 6.07) is 6.61. The molecule has 1 unspecified atom stereocenters. The maximum absolute atomic E-state index is 13.5. The largest absolute Gasteiger partial charge is 0.497 e. The molecule has 0 saturated carbocycles. The Morgan fingerprint density at radius 2 is 2.03 bits per heavy atom. The predicted octanol–water partition coefficient (Wildman–Crippen LogP) is 1.36. The van der Waals surface area contributed by atoms with E-state index in [0.29, 0.717) is 26.1 Å². The second kappa shape index (κ2) is 11.5. The molecule has 0 aliphatic carbocycles. The van der Waals surface area contributed by atoms with Gasteiger partial charge < -0.3 is 24.6 Å². The first-order valence-corrected chi connectivity index (χ1v) is 13.4. The number of nitrogens with zero attached hydrogens (tertiary/aromatic N) is 4. The minimum atomic E-state index is -0.583. The van der Waals surface area contributed by atoms with Crippen LogP contribution in [0.3, 0.4) is 0 Å². The normalized spacial score (nSPS) is 25.1. The van der Waals surface area contributed by atoms with Gasteiger partial charge in [-0.2, -0.15) is 11.8 Å². The van der Waals surface area contributed by atoms with Crippen molar-refractivity contribution in [1.29, 1.82) is 0 Å². The first-order chi connectivity index (χ1) is 16.9. The summed E-state index contributed by atoms with van der Waals surface area (Å²) in [4.78, 5) is 43.4. The summed E-state index contributed by atoms with van der Waals surface area (Å²) in [5.74, 6) is 1.31. The van der Waals surface area contributed by atoms with Crippen LogP contribution in [0.5, 0.6) is 5.75 Å². The number of hydrogen-bond donors (Lipinski definition) is 1. The average Bonchev–Trinajstić information content (AvgIpc) is 3.36. The molecule has 35 heavy (non-hydrogen) atoms. The predicted molar refractivity (Wildman–Crippen MR) is 133 cm³/mol. The highest BCUT2D eigenvalue weighted by Crippen LogP contribution is 2.29. The first-order valence-electron chi connectivity index (χ1n) is 12.0. The lowest BCUT2D eigenvalue weighted by atomic mass is 10.0. The molecule has 0 radical (unpaired) electrons. The third-order valence-corrected chi connectivity index (χ3v) is 7.44. The molecule has 3 fully saturated rings. The second-order valence-corrected chi connectivity index (χ2v) is 10.1. The molecule has 4 rings (SSSR count). The molecule has 3 saturated heterocycles. The third-order valence-electron chi connectivity index (χ3n) is 6.79. The van der Waals surface area contributed by atoms with Crippen molar-refractivity contribution in [2.45, 2.75) is 44.1 Å². The zero-order valence-electron chi connectivity index (χ0n) is 20.6. The van der Waals surface area contributed by atoms with E-state index in [0.717, 1.165) is 29.9 Å². The van der Waals surface area contributed by atoms with Gasteiger partial charge >= 0.3 is 6.03 Å². The zero-order chi connectivity index (χ0) is 24.9. The molecule has 0 aromatic heterocycles. The number of ether oxygens (including phenoxy) is 2. The van der Waals surface area contributed by atoms with Crippen molar-refractivity contribution in [3.05, 3.63) is 29.8 Å². The highest BCUT2D eigenvalue weighted by molar-refractivity contribution is 7.98. The van der Waals surface area contributed by atoms with E-state index in [-0.39, 0.29) is 37.0 Å². The number of methoxy groups -OCH3 is 1. The summed E-state index contributed by atoms with van der Waals surface area (Å²) in [5, 5.41) is 6.22. The van der Waals surface area contributed by atoms with Crippen molar-refractivity contribution in [1.82, 2.24) is 25.1 Å². The fraction of sp³-hybridized carbons (Fsp3) is 0.625. The number of fused-ring (bicyclic) bond motifs is 1. The van der Waals surface area contributed by atoms with Gasteiger partial charge in [0.25, 0.3) is 0 Å². The van der Waals surface area contributed by atoms with Crippen LogP contribution in [0.15, 0.2) is 24.3 Å². The van der Waals surface area contributed by atoms with Crippen molar-refractivity contribution >= 4 is 29.6 Å².